The molecule has 0 N–H and O–H groups in total. The SMILES string of the molecule is CCCC(=O)OC(=O)c1ccccc1Cl. The fourth-order valence-corrected chi connectivity index (χ4v) is 1.25. The summed E-state index contributed by atoms with van der Waals surface area (Å²) >= 11 is 5.77. The van der Waals surface area contributed by atoms with Crippen LogP contribution in [-0.4, -0.2) is 11.9 Å². The third-order valence-corrected chi connectivity index (χ3v) is 2.08. The smallest absolute Gasteiger partial charge is 0.347 e. The van der Waals surface area contributed by atoms with Crippen LogP contribution in [0.15, 0.2) is 24.3 Å². The molecule has 0 aliphatic carbocycles. The number of carbonyl (C=O) groups is 2. The van der Waals surface area contributed by atoms with Gasteiger partial charge in [0.1, 0.15) is 0 Å². The average Bonchev–Trinajstić information content (AvgIpc) is 2.18. The van der Waals surface area contributed by atoms with Gasteiger partial charge in [-0.1, -0.05) is 30.7 Å². The molecule has 0 amide bonds. The van der Waals surface area contributed by atoms with Gasteiger partial charge in [-0.25, -0.2) is 4.79 Å². The lowest BCUT2D eigenvalue weighted by Crippen LogP contribution is -2.12. The van der Waals surface area contributed by atoms with E-state index in [0.29, 0.717) is 6.42 Å². The molecular weight excluding hydrogens is 216 g/mol. The zero-order valence-electron chi connectivity index (χ0n) is 8.33. The van der Waals surface area contributed by atoms with Crippen LogP contribution in [-0.2, 0) is 9.53 Å². The third kappa shape index (κ3) is 3.36. The minimum absolute atomic E-state index is 0.212. The van der Waals surface area contributed by atoms with E-state index in [2.05, 4.69) is 4.74 Å². The zero-order chi connectivity index (χ0) is 11.3. The van der Waals surface area contributed by atoms with E-state index in [9.17, 15) is 9.59 Å². The van der Waals surface area contributed by atoms with Crippen molar-refractivity contribution in [2.24, 2.45) is 0 Å². The monoisotopic (exact) mass is 226 g/mol. The van der Waals surface area contributed by atoms with Gasteiger partial charge in [-0.05, 0) is 18.6 Å². The Morgan fingerprint density at radius 1 is 1.33 bits per heavy atom. The van der Waals surface area contributed by atoms with E-state index in [1.54, 1.807) is 18.2 Å². The molecule has 0 bridgehead atoms. The highest BCUT2D eigenvalue weighted by molar-refractivity contribution is 6.33. The number of hydrogen-bond donors (Lipinski definition) is 0. The van der Waals surface area contributed by atoms with Crippen LogP contribution in [0.5, 0.6) is 0 Å². The van der Waals surface area contributed by atoms with E-state index >= 15 is 0 Å². The molecule has 1 aromatic carbocycles. The Morgan fingerprint density at radius 3 is 2.60 bits per heavy atom. The van der Waals surface area contributed by atoms with Crippen LogP contribution in [0.2, 0.25) is 5.02 Å². The van der Waals surface area contributed by atoms with Crippen molar-refractivity contribution in [3.8, 4) is 0 Å². The molecule has 0 unspecified atom stereocenters. The maximum Gasteiger partial charge on any atom is 0.347 e. The van der Waals surface area contributed by atoms with Crippen molar-refractivity contribution in [1.29, 1.82) is 0 Å². The number of halogens is 1. The minimum Gasteiger partial charge on any atom is -0.389 e. The molecule has 0 spiro atoms. The number of esters is 2. The van der Waals surface area contributed by atoms with Gasteiger partial charge in [-0.3, -0.25) is 4.79 Å². The summed E-state index contributed by atoms with van der Waals surface area (Å²) in [7, 11) is 0. The standard InChI is InChI=1S/C11H11ClO3/c1-2-5-10(13)15-11(14)8-6-3-4-7-9(8)12/h3-4,6-7H,2,5H2,1H3. The average molecular weight is 227 g/mol. The van der Waals surface area contributed by atoms with Gasteiger partial charge in [0, 0.05) is 6.42 Å². The van der Waals surface area contributed by atoms with Crippen molar-refractivity contribution in [3.05, 3.63) is 34.9 Å². The lowest BCUT2D eigenvalue weighted by Gasteiger charge is -2.03. The van der Waals surface area contributed by atoms with Crippen molar-refractivity contribution in [1.82, 2.24) is 0 Å². The van der Waals surface area contributed by atoms with E-state index in [1.165, 1.54) is 6.07 Å². The predicted molar refractivity (Wildman–Crippen MR) is 56.8 cm³/mol. The molecule has 0 saturated heterocycles. The summed E-state index contributed by atoms with van der Waals surface area (Å²) in [6, 6.07) is 6.45. The summed E-state index contributed by atoms with van der Waals surface area (Å²) in [6.45, 7) is 1.83. The van der Waals surface area contributed by atoms with Crippen LogP contribution in [0.25, 0.3) is 0 Å². The lowest BCUT2D eigenvalue weighted by molar-refractivity contribution is -0.137. The Kier molecular flexibility index (Phi) is 4.31. The summed E-state index contributed by atoms with van der Waals surface area (Å²) in [5, 5.41) is 0.284. The van der Waals surface area contributed by atoms with Crippen molar-refractivity contribution < 1.29 is 14.3 Å². The van der Waals surface area contributed by atoms with E-state index in [0.717, 1.165) is 0 Å². The molecule has 4 heteroatoms. The van der Waals surface area contributed by atoms with E-state index < -0.39 is 11.9 Å². The Morgan fingerprint density at radius 2 is 2.00 bits per heavy atom. The molecule has 0 atom stereocenters. The van der Waals surface area contributed by atoms with Gasteiger partial charge in [0.15, 0.2) is 0 Å². The molecule has 1 aromatic rings. The second kappa shape index (κ2) is 5.51. The molecule has 0 heterocycles. The molecule has 80 valence electrons. The summed E-state index contributed by atoms with van der Waals surface area (Å²) in [5.74, 6) is -1.22. The molecule has 1 rings (SSSR count). The zero-order valence-corrected chi connectivity index (χ0v) is 9.08. The Hall–Kier alpha value is -1.35. The quantitative estimate of drug-likeness (QED) is 0.588. The fraction of sp³-hybridized carbons (Fsp3) is 0.273. The van der Waals surface area contributed by atoms with Gasteiger partial charge in [-0.2, -0.15) is 0 Å². The van der Waals surface area contributed by atoms with Crippen LogP contribution in [0.4, 0.5) is 0 Å². The molecule has 0 aromatic heterocycles. The molecule has 0 saturated carbocycles. The van der Waals surface area contributed by atoms with Crippen LogP contribution < -0.4 is 0 Å². The summed E-state index contributed by atoms with van der Waals surface area (Å²) in [4.78, 5) is 22.5. The normalized spacial score (nSPS) is 9.73. The van der Waals surface area contributed by atoms with Gasteiger partial charge < -0.3 is 4.74 Å². The number of ether oxygens (including phenoxy) is 1. The molecule has 0 fully saturated rings. The summed E-state index contributed by atoms with van der Waals surface area (Å²) in [5.41, 5.74) is 0.212. The summed E-state index contributed by atoms with van der Waals surface area (Å²) < 4.78 is 4.60. The summed E-state index contributed by atoms with van der Waals surface area (Å²) in [6.07, 6.45) is 0.880. The Bertz CT molecular complexity index is 374. The molecule has 0 aliphatic rings. The molecule has 3 nitrogen and oxygen atoms in total. The number of rotatable bonds is 3. The first-order valence-corrected chi connectivity index (χ1v) is 5.02. The van der Waals surface area contributed by atoms with Crippen molar-refractivity contribution in [2.75, 3.05) is 0 Å². The van der Waals surface area contributed by atoms with Crippen LogP contribution in [0.1, 0.15) is 30.1 Å². The van der Waals surface area contributed by atoms with Gasteiger partial charge in [0.25, 0.3) is 0 Å². The lowest BCUT2D eigenvalue weighted by atomic mass is 10.2. The first kappa shape index (κ1) is 11.7. The topological polar surface area (TPSA) is 43.4 Å². The minimum atomic E-state index is -0.695. The maximum absolute atomic E-state index is 11.4. The second-order valence-corrected chi connectivity index (χ2v) is 3.40. The van der Waals surface area contributed by atoms with E-state index in [4.69, 9.17) is 11.6 Å². The van der Waals surface area contributed by atoms with Crippen molar-refractivity contribution >= 4 is 23.5 Å². The first-order valence-electron chi connectivity index (χ1n) is 4.64. The van der Waals surface area contributed by atoms with Crippen LogP contribution >= 0.6 is 11.6 Å². The molecule has 15 heavy (non-hydrogen) atoms. The van der Waals surface area contributed by atoms with Crippen LogP contribution in [0.3, 0.4) is 0 Å². The fourth-order valence-electron chi connectivity index (χ4n) is 1.04. The largest absolute Gasteiger partial charge is 0.389 e. The highest BCUT2D eigenvalue weighted by Gasteiger charge is 2.14. The molecule has 0 aliphatic heterocycles. The highest BCUT2D eigenvalue weighted by atomic mass is 35.5. The Labute approximate surface area is 93.0 Å². The van der Waals surface area contributed by atoms with Gasteiger partial charge in [0.2, 0.25) is 0 Å². The number of carbonyl (C=O) groups excluding carboxylic acids is 2. The number of benzene rings is 1. The third-order valence-electron chi connectivity index (χ3n) is 1.75. The number of hydrogen-bond acceptors (Lipinski definition) is 3. The van der Waals surface area contributed by atoms with Gasteiger partial charge in [0.05, 0.1) is 10.6 Å². The predicted octanol–water partition coefficient (Wildman–Crippen LogP) is 2.82. The maximum atomic E-state index is 11.4. The Balaban J connectivity index is 2.70. The second-order valence-electron chi connectivity index (χ2n) is 2.99. The van der Waals surface area contributed by atoms with Crippen molar-refractivity contribution in [3.63, 3.8) is 0 Å². The van der Waals surface area contributed by atoms with Gasteiger partial charge >= 0.3 is 11.9 Å². The highest BCUT2D eigenvalue weighted by Crippen LogP contribution is 2.16. The first-order chi connectivity index (χ1) is 7.15. The van der Waals surface area contributed by atoms with E-state index in [-0.39, 0.29) is 17.0 Å². The van der Waals surface area contributed by atoms with Gasteiger partial charge in [-0.15, -0.1) is 0 Å². The van der Waals surface area contributed by atoms with Crippen LogP contribution in [0, 0.1) is 0 Å². The van der Waals surface area contributed by atoms with Crippen molar-refractivity contribution in [2.45, 2.75) is 19.8 Å². The molecule has 0 radical (unpaired) electrons. The van der Waals surface area contributed by atoms with E-state index in [1.807, 2.05) is 6.92 Å². The molecular formula is C11H11ClO3.